The highest BCUT2D eigenvalue weighted by Crippen LogP contribution is 2.41. The van der Waals surface area contributed by atoms with Gasteiger partial charge in [0.15, 0.2) is 5.75 Å². The number of aromatic nitrogens is 1. The van der Waals surface area contributed by atoms with Crippen LogP contribution < -0.4 is 10.1 Å². The smallest absolute Gasteiger partial charge is 0.410 e. The summed E-state index contributed by atoms with van der Waals surface area (Å²) < 4.78 is 41.9. The summed E-state index contributed by atoms with van der Waals surface area (Å²) in [6, 6.07) is 4.38. The van der Waals surface area contributed by atoms with Gasteiger partial charge in [0, 0.05) is 43.3 Å². The highest BCUT2D eigenvalue weighted by atomic mass is 35.5. The zero-order valence-corrected chi connectivity index (χ0v) is 24.9. The van der Waals surface area contributed by atoms with Gasteiger partial charge in [-0.15, -0.1) is 0 Å². The monoisotopic (exact) mass is 591 g/mol. The molecule has 0 bridgehead atoms. The van der Waals surface area contributed by atoms with Crippen molar-refractivity contribution in [2.75, 3.05) is 39.8 Å². The van der Waals surface area contributed by atoms with Crippen molar-refractivity contribution in [3.63, 3.8) is 0 Å². The van der Waals surface area contributed by atoms with Crippen molar-refractivity contribution in [1.82, 2.24) is 25.0 Å². The zero-order valence-electron chi connectivity index (χ0n) is 24.1. The Morgan fingerprint density at radius 3 is 2.61 bits per heavy atom. The second-order valence-corrected chi connectivity index (χ2v) is 12.8. The largest absolute Gasteiger partial charge is 0.489 e. The summed E-state index contributed by atoms with van der Waals surface area (Å²) in [6.45, 7) is 11.2. The van der Waals surface area contributed by atoms with Crippen molar-refractivity contribution in [3.8, 4) is 17.0 Å². The number of benzene rings is 1. The number of hydrogen-bond donors (Lipinski definition) is 1. The Balaban J connectivity index is 1.55. The molecule has 0 saturated carbocycles. The van der Waals surface area contributed by atoms with Crippen LogP contribution in [-0.4, -0.2) is 101 Å². The van der Waals surface area contributed by atoms with Gasteiger partial charge in [-0.1, -0.05) is 23.7 Å². The number of pyridine rings is 1. The molecule has 12 heteroatoms. The molecule has 2 aromatic rings. The second-order valence-electron chi connectivity index (χ2n) is 12.4. The van der Waals surface area contributed by atoms with Crippen molar-refractivity contribution in [3.05, 3.63) is 46.6 Å². The van der Waals surface area contributed by atoms with E-state index in [2.05, 4.69) is 29.0 Å². The quantitative estimate of drug-likeness (QED) is 0.524. The van der Waals surface area contributed by atoms with E-state index in [-0.39, 0.29) is 53.3 Å². The first-order valence-corrected chi connectivity index (χ1v) is 14.1. The number of likely N-dealkylation sites (N-methyl/N-ethyl adjacent to an activating group) is 1. The molecule has 1 aromatic carbocycles. The average molecular weight is 592 g/mol. The summed E-state index contributed by atoms with van der Waals surface area (Å²) in [7, 11) is 2.02. The standard InChI is InChI=1S/C29H36ClF2N5O4/c1-28(2,3)41-27(39)37-13-16-15-40-23-20(25(32)34-22(21(23)30)17-9-7-8-10-18(17)31)26(38)36(16)14-19(37)24-29(4,5)35(6)12-11-33-24/h7-10,16,19,24,33H,11-15H2,1-6H3/t16-,19?,24?/m1/s1. The molecular weight excluding hydrogens is 556 g/mol. The number of nitrogens with one attached hydrogen (secondary N) is 1. The molecule has 9 nitrogen and oxygen atoms in total. The minimum absolute atomic E-state index is 0.0110. The van der Waals surface area contributed by atoms with Crippen LogP contribution in [-0.2, 0) is 4.74 Å². The number of halogens is 3. The first-order chi connectivity index (χ1) is 19.2. The topological polar surface area (TPSA) is 87.2 Å². The molecule has 0 spiro atoms. The van der Waals surface area contributed by atoms with E-state index in [0.29, 0.717) is 6.54 Å². The third kappa shape index (κ3) is 5.35. The lowest BCUT2D eigenvalue weighted by Gasteiger charge is -2.55. The lowest BCUT2D eigenvalue weighted by molar-refractivity contribution is -0.0461. The van der Waals surface area contributed by atoms with Crippen LogP contribution in [0.1, 0.15) is 45.0 Å². The van der Waals surface area contributed by atoms with Gasteiger partial charge in [-0.3, -0.25) is 14.6 Å². The van der Waals surface area contributed by atoms with Crippen LogP contribution in [0.5, 0.6) is 5.75 Å². The van der Waals surface area contributed by atoms with Crippen molar-refractivity contribution >= 4 is 23.6 Å². The van der Waals surface area contributed by atoms with Gasteiger partial charge in [0.25, 0.3) is 5.91 Å². The van der Waals surface area contributed by atoms with Gasteiger partial charge in [-0.25, -0.2) is 14.2 Å². The molecule has 5 rings (SSSR count). The fourth-order valence-electron chi connectivity index (χ4n) is 5.88. The minimum Gasteiger partial charge on any atom is -0.489 e. The van der Waals surface area contributed by atoms with Crippen molar-refractivity contribution in [2.45, 2.75) is 63.9 Å². The molecule has 3 atom stereocenters. The number of amides is 2. The first-order valence-electron chi connectivity index (χ1n) is 13.7. The Kier molecular flexibility index (Phi) is 7.67. The number of fused-ring (bicyclic) bond motifs is 2. The van der Waals surface area contributed by atoms with Crippen molar-refractivity contribution in [1.29, 1.82) is 0 Å². The summed E-state index contributed by atoms with van der Waals surface area (Å²) in [4.78, 5) is 36.8. The zero-order chi connectivity index (χ0) is 29.9. The van der Waals surface area contributed by atoms with Gasteiger partial charge in [-0.2, -0.15) is 4.39 Å². The van der Waals surface area contributed by atoms with Gasteiger partial charge >= 0.3 is 6.09 Å². The molecule has 0 radical (unpaired) electrons. The van der Waals surface area contributed by atoms with E-state index >= 15 is 4.39 Å². The van der Waals surface area contributed by atoms with E-state index in [4.69, 9.17) is 21.1 Å². The van der Waals surface area contributed by atoms with E-state index in [1.165, 1.54) is 23.1 Å². The van der Waals surface area contributed by atoms with E-state index in [9.17, 15) is 14.0 Å². The summed E-state index contributed by atoms with van der Waals surface area (Å²) in [5, 5.41) is 3.39. The van der Waals surface area contributed by atoms with Gasteiger partial charge in [0.2, 0.25) is 5.95 Å². The Morgan fingerprint density at radius 2 is 1.93 bits per heavy atom. The number of rotatable bonds is 2. The molecule has 2 saturated heterocycles. The van der Waals surface area contributed by atoms with E-state index < -0.39 is 47.0 Å². The highest BCUT2D eigenvalue weighted by molar-refractivity contribution is 6.35. The molecule has 4 heterocycles. The molecule has 3 aliphatic heterocycles. The van der Waals surface area contributed by atoms with Gasteiger partial charge < -0.3 is 19.7 Å². The Labute approximate surface area is 243 Å². The fourth-order valence-corrected chi connectivity index (χ4v) is 6.17. The molecule has 1 aromatic heterocycles. The first kappa shape index (κ1) is 29.5. The number of carbonyl (C=O) groups is 2. The van der Waals surface area contributed by atoms with Gasteiger partial charge in [0.05, 0.1) is 17.8 Å². The van der Waals surface area contributed by atoms with E-state index in [0.717, 1.165) is 6.54 Å². The van der Waals surface area contributed by atoms with Crippen molar-refractivity contribution < 1.29 is 27.8 Å². The van der Waals surface area contributed by atoms with Crippen LogP contribution in [0.2, 0.25) is 5.02 Å². The number of hydrogen-bond acceptors (Lipinski definition) is 7. The maximum absolute atomic E-state index is 15.6. The molecule has 2 amide bonds. The summed E-state index contributed by atoms with van der Waals surface area (Å²) >= 11 is 6.60. The third-order valence-corrected chi connectivity index (χ3v) is 8.63. The number of nitrogens with zero attached hydrogens (tertiary/aromatic N) is 4. The van der Waals surface area contributed by atoms with Crippen LogP contribution >= 0.6 is 11.6 Å². The molecule has 2 fully saturated rings. The molecule has 41 heavy (non-hydrogen) atoms. The number of ether oxygens (including phenoxy) is 2. The minimum atomic E-state index is -1.10. The lowest BCUT2D eigenvalue weighted by Crippen LogP contribution is -2.75. The number of carbonyl (C=O) groups excluding carboxylic acids is 2. The van der Waals surface area contributed by atoms with Crippen LogP contribution in [0.15, 0.2) is 24.3 Å². The van der Waals surface area contributed by atoms with Gasteiger partial charge in [-0.05, 0) is 53.8 Å². The van der Waals surface area contributed by atoms with E-state index in [1.807, 2.05) is 7.05 Å². The molecule has 222 valence electrons. The predicted molar refractivity (Wildman–Crippen MR) is 150 cm³/mol. The third-order valence-electron chi connectivity index (χ3n) is 8.28. The highest BCUT2D eigenvalue weighted by Gasteiger charge is 2.51. The fraction of sp³-hybridized carbons (Fsp3) is 0.552. The maximum Gasteiger partial charge on any atom is 0.410 e. The Hall–Kier alpha value is -3.02. The molecule has 3 aliphatic rings. The van der Waals surface area contributed by atoms with Crippen LogP contribution in [0.25, 0.3) is 11.3 Å². The molecular formula is C29H36ClF2N5O4. The van der Waals surface area contributed by atoms with Crippen molar-refractivity contribution in [2.24, 2.45) is 0 Å². The van der Waals surface area contributed by atoms with Gasteiger partial charge in [0.1, 0.15) is 28.6 Å². The van der Waals surface area contributed by atoms with Crippen LogP contribution in [0, 0.1) is 11.8 Å². The second kappa shape index (κ2) is 10.7. The SMILES string of the molecule is CN1CCNC(C2CN3C(=O)c4c(F)nc(-c5ccccc5F)c(Cl)c4OC[C@H]3CN2C(=O)OC(C)(C)C)C1(C)C. The predicted octanol–water partition coefficient (Wildman–Crippen LogP) is 4.18. The Bertz CT molecular complexity index is 1370. The average Bonchev–Trinajstić information content (AvgIpc) is 3.03. The lowest BCUT2D eigenvalue weighted by atomic mass is 9.83. The molecule has 2 unspecified atom stereocenters. The summed E-state index contributed by atoms with van der Waals surface area (Å²) in [5.74, 6) is -2.57. The number of piperazine rings is 2. The maximum atomic E-state index is 15.6. The normalized spacial score (nSPS) is 24.7. The molecule has 1 N–H and O–H groups in total. The summed E-state index contributed by atoms with van der Waals surface area (Å²) in [6.07, 6.45) is -0.505. The van der Waals surface area contributed by atoms with Crippen LogP contribution in [0.3, 0.4) is 0 Å². The molecule has 0 aliphatic carbocycles. The van der Waals surface area contributed by atoms with E-state index in [1.54, 1.807) is 31.7 Å². The summed E-state index contributed by atoms with van der Waals surface area (Å²) in [5.41, 5.74) is -1.69. The van der Waals surface area contributed by atoms with Crippen LogP contribution in [0.4, 0.5) is 13.6 Å². The Morgan fingerprint density at radius 1 is 1.22 bits per heavy atom.